The Morgan fingerprint density at radius 3 is 2.33 bits per heavy atom. The van der Waals surface area contributed by atoms with Crippen LogP contribution in [0.2, 0.25) is 0 Å². The van der Waals surface area contributed by atoms with Crippen molar-refractivity contribution in [2.45, 2.75) is 28.8 Å². The molecule has 6 nitrogen and oxygen atoms in total. The number of hydrogen-bond acceptors (Lipinski definition) is 6. The van der Waals surface area contributed by atoms with Crippen LogP contribution in [-0.4, -0.2) is 82.3 Å². The van der Waals surface area contributed by atoms with Gasteiger partial charge in [-0.25, -0.2) is 4.98 Å². The highest BCUT2D eigenvalue weighted by Gasteiger charge is 2.48. The molecule has 2 amide bonds. The molecule has 0 N–H and O–H groups in total. The summed E-state index contributed by atoms with van der Waals surface area (Å²) in [4.78, 5) is 35.6. The molecule has 3 fully saturated rings. The van der Waals surface area contributed by atoms with E-state index in [1.165, 1.54) is 23.5 Å². The molecule has 33 heavy (non-hydrogen) atoms. The van der Waals surface area contributed by atoms with Crippen molar-refractivity contribution >= 4 is 34.9 Å². The van der Waals surface area contributed by atoms with Crippen LogP contribution in [0.15, 0.2) is 40.1 Å². The highest BCUT2D eigenvalue weighted by atomic mass is 32.2. The molecule has 3 heterocycles. The van der Waals surface area contributed by atoms with Crippen LogP contribution in [0, 0.1) is 5.92 Å². The maximum absolute atomic E-state index is 12.8. The Hall–Kier alpha value is -2.11. The van der Waals surface area contributed by atoms with Gasteiger partial charge in [0.1, 0.15) is 5.69 Å². The Labute approximate surface area is 197 Å². The summed E-state index contributed by atoms with van der Waals surface area (Å²) in [6.45, 7) is 4.29. The van der Waals surface area contributed by atoms with Crippen LogP contribution in [0.1, 0.15) is 28.4 Å². The molecule has 1 aliphatic carbocycles. The van der Waals surface area contributed by atoms with E-state index in [1.807, 2.05) is 9.80 Å². The van der Waals surface area contributed by atoms with E-state index in [4.69, 9.17) is 0 Å². The minimum Gasteiger partial charge on any atom is -0.339 e. The molecule has 11 heteroatoms. The SMILES string of the molecule is O=C(c1cscn1)N1CCN(C2CN(C(=O)C3CC3c3ccc(SC(F)(F)F)cc3)C2)CC1. The Balaban J connectivity index is 1.06. The van der Waals surface area contributed by atoms with Crippen LogP contribution in [0.3, 0.4) is 0 Å². The van der Waals surface area contributed by atoms with Gasteiger partial charge in [-0.3, -0.25) is 14.5 Å². The van der Waals surface area contributed by atoms with Gasteiger partial charge >= 0.3 is 5.51 Å². The molecule has 5 rings (SSSR count). The molecule has 2 unspecified atom stereocenters. The molecule has 0 radical (unpaired) electrons. The average molecular weight is 497 g/mol. The third-order valence-corrected chi connectivity index (χ3v) is 7.92. The third kappa shape index (κ3) is 5.04. The molecule has 176 valence electrons. The monoisotopic (exact) mass is 496 g/mol. The number of piperazine rings is 1. The van der Waals surface area contributed by atoms with Gasteiger partial charge in [0, 0.05) is 61.5 Å². The largest absolute Gasteiger partial charge is 0.446 e. The first kappa shape index (κ1) is 22.7. The maximum atomic E-state index is 12.8. The van der Waals surface area contributed by atoms with Crippen LogP contribution in [0.4, 0.5) is 13.2 Å². The fourth-order valence-corrected chi connectivity index (χ4v) is 5.69. The van der Waals surface area contributed by atoms with Gasteiger partial charge in [-0.2, -0.15) is 13.2 Å². The van der Waals surface area contributed by atoms with E-state index in [1.54, 1.807) is 23.0 Å². The molecule has 2 aliphatic heterocycles. The topological polar surface area (TPSA) is 56.8 Å². The number of hydrogen-bond donors (Lipinski definition) is 0. The normalized spacial score (nSPS) is 24.0. The highest BCUT2D eigenvalue weighted by molar-refractivity contribution is 8.00. The third-order valence-electron chi connectivity index (χ3n) is 6.59. The lowest BCUT2D eigenvalue weighted by Gasteiger charge is -2.48. The lowest BCUT2D eigenvalue weighted by atomic mass is 10.0. The first-order valence-electron chi connectivity index (χ1n) is 10.8. The quantitative estimate of drug-likeness (QED) is 0.593. The molecule has 1 saturated carbocycles. The molecule has 0 bridgehead atoms. The van der Waals surface area contributed by atoms with Crippen LogP contribution < -0.4 is 0 Å². The lowest BCUT2D eigenvalue weighted by molar-refractivity contribution is -0.140. The zero-order valence-electron chi connectivity index (χ0n) is 17.7. The zero-order valence-corrected chi connectivity index (χ0v) is 19.3. The van der Waals surface area contributed by atoms with Crippen molar-refractivity contribution in [3.05, 3.63) is 46.4 Å². The van der Waals surface area contributed by atoms with E-state index in [9.17, 15) is 22.8 Å². The number of rotatable bonds is 5. The summed E-state index contributed by atoms with van der Waals surface area (Å²) in [5, 5.41) is 1.77. The van der Waals surface area contributed by atoms with Crippen LogP contribution in [-0.2, 0) is 4.79 Å². The van der Waals surface area contributed by atoms with Gasteiger partial charge in [-0.1, -0.05) is 12.1 Å². The van der Waals surface area contributed by atoms with E-state index in [0.717, 1.165) is 25.1 Å². The standard InChI is InChI=1S/C22H23F3N4O2S2/c23-22(24,25)33-16-3-1-14(2-4-16)17-9-18(17)20(30)29-10-15(11-29)27-5-7-28(8-6-27)21(31)19-12-32-13-26-19/h1-4,12-13,15,17-18H,5-11H2. The van der Waals surface area contributed by atoms with Gasteiger partial charge in [0.15, 0.2) is 0 Å². The predicted octanol–water partition coefficient (Wildman–Crippen LogP) is 3.53. The Morgan fingerprint density at radius 2 is 1.73 bits per heavy atom. The van der Waals surface area contributed by atoms with Crippen LogP contribution >= 0.6 is 23.1 Å². The summed E-state index contributed by atoms with van der Waals surface area (Å²) in [6, 6.07) is 6.69. The average Bonchev–Trinajstić information content (AvgIpc) is 3.36. The summed E-state index contributed by atoms with van der Waals surface area (Å²) in [6.07, 6.45) is 0.753. The Kier molecular flexibility index (Phi) is 6.13. The summed E-state index contributed by atoms with van der Waals surface area (Å²) in [5.41, 5.74) is -1.20. The number of amides is 2. The van der Waals surface area contributed by atoms with Gasteiger partial charge in [-0.15, -0.1) is 11.3 Å². The number of carbonyl (C=O) groups excluding carboxylic acids is 2. The smallest absolute Gasteiger partial charge is 0.339 e. The Bertz CT molecular complexity index is 1000. The first-order valence-corrected chi connectivity index (χ1v) is 12.6. The van der Waals surface area contributed by atoms with E-state index in [-0.39, 0.29) is 40.3 Å². The summed E-state index contributed by atoms with van der Waals surface area (Å²) in [5.74, 6) is 0.148. The van der Waals surface area contributed by atoms with Crippen molar-refractivity contribution < 1.29 is 22.8 Å². The molecule has 3 aliphatic rings. The minimum atomic E-state index is -4.29. The number of thioether (sulfide) groups is 1. The number of carbonyl (C=O) groups is 2. The van der Waals surface area contributed by atoms with Crippen LogP contribution in [0.25, 0.3) is 0 Å². The number of alkyl halides is 3. The highest BCUT2D eigenvalue weighted by Crippen LogP contribution is 2.49. The van der Waals surface area contributed by atoms with Crippen molar-refractivity contribution in [3.8, 4) is 0 Å². The Morgan fingerprint density at radius 1 is 1.03 bits per heavy atom. The molecule has 1 aromatic carbocycles. The van der Waals surface area contributed by atoms with E-state index >= 15 is 0 Å². The van der Waals surface area contributed by atoms with Crippen molar-refractivity contribution in [1.29, 1.82) is 0 Å². The molecule has 2 saturated heterocycles. The summed E-state index contributed by atoms with van der Waals surface area (Å²) in [7, 11) is 0. The van der Waals surface area contributed by atoms with E-state index in [2.05, 4.69) is 9.88 Å². The number of benzene rings is 1. The van der Waals surface area contributed by atoms with Gasteiger partial charge in [0.25, 0.3) is 5.91 Å². The lowest BCUT2D eigenvalue weighted by Crippen LogP contribution is -2.64. The number of likely N-dealkylation sites (tertiary alicyclic amines) is 1. The van der Waals surface area contributed by atoms with E-state index in [0.29, 0.717) is 37.9 Å². The molecule has 1 aromatic heterocycles. The van der Waals surface area contributed by atoms with Crippen LogP contribution in [0.5, 0.6) is 0 Å². The van der Waals surface area contributed by atoms with Crippen molar-refractivity contribution in [2.75, 3.05) is 39.3 Å². The van der Waals surface area contributed by atoms with Gasteiger partial charge in [0.2, 0.25) is 5.91 Å². The zero-order chi connectivity index (χ0) is 23.2. The number of aromatic nitrogens is 1. The predicted molar refractivity (Wildman–Crippen MR) is 119 cm³/mol. The van der Waals surface area contributed by atoms with E-state index < -0.39 is 5.51 Å². The fourth-order valence-electron chi connectivity index (χ4n) is 4.62. The molecule has 0 spiro atoms. The molecule has 2 aromatic rings. The van der Waals surface area contributed by atoms with Crippen molar-refractivity contribution in [3.63, 3.8) is 0 Å². The number of halogens is 3. The number of thiazole rings is 1. The van der Waals surface area contributed by atoms with Gasteiger partial charge in [-0.05, 0) is 41.8 Å². The molecular formula is C22H23F3N4O2S2. The van der Waals surface area contributed by atoms with Crippen molar-refractivity contribution in [2.24, 2.45) is 5.92 Å². The summed E-state index contributed by atoms with van der Waals surface area (Å²) >= 11 is 1.29. The number of nitrogens with zero attached hydrogens (tertiary/aromatic N) is 4. The van der Waals surface area contributed by atoms with Crippen molar-refractivity contribution in [1.82, 2.24) is 19.7 Å². The van der Waals surface area contributed by atoms with Gasteiger partial charge < -0.3 is 9.80 Å². The fraction of sp³-hybridized carbons (Fsp3) is 0.500. The summed E-state index contributed by atoms with van der Waals surface area (Å²) < 4.78 is 37.5. The molecule has 2 atom stereocenters. The first-order chi connectivity index (χ1) is 15.8. The minimum absolute atomic E-state index is 0.0221. The maximum Gasteiger partial charge on any atom is 0.446 e. The second-order valence-electron chi connectivity index (χ2n) is 8.66. The van der Waals surface area contributed by atoms with Gasteiger partial charge in [0.05, 0.1) is 5.51 Å². The second kappa shape index (κ2) is 8.92. The molecular weight excluding hydrogens is 473 g/mol. The second-order valence-corrected chi connectivity index (χ2v) is 10.5.